The Bertz CT molecular complexity index is 771. The highest BCUT2D eigenvalue weighted by atomic mass is 127. The topological polar surface area (TPSA) is 72.8 Å². The molecule has 1 aromatic heterocycles. The highest BCUT2D eigenvalue weighted by Gasteiger charge is 2.30. The number of amidine groups is 1. The van der Waals surface area contributed by atoms with Gasteiger partial charge in [0, 0.05) is 41.0 Å². The second-order valence-corrected chi connectivity index (χ2v) is 9.18. The maximum atomic E-state index is 12.3. The van der Waals surface area contributed by atoms with Gasteiger partial charge >= 0.3 is 6.09 Å². The molecule has 3 rings (SSSR count). The molecular weight excluding hydrogens is 467 g/mol. The molecule has 2 aliphatic rings. The smallest absolute Gasteiger partial charge is 0.410 e. The van der Waals surface area contributed by atoms with E-state index in [1.54, 1.807) is 4.90 Å². The number of amides is 1. The standard InChI is InChI=1S/C18H24ClIN4O2/c1-18(2,3)26-17(25)23-8-6-11(7-9-23)24-10-12(20)15-13(24)4-5-14(19)22-16(15)21/h5,10-11H,4,6-9H2,1-3H3,(H2,21,22). The third-order valence-corrected chi connectivity index (χ3v) is 5.61. The lowest BCUT2D eigenvalue weighted by atomic mass is 10.0. The molecule has 0 aromatic carbocycles. The average Bonchev–Trinajstić information content (AvgIpc) is 2.79. The Morgan fingerprint density at radius 3 is 2.65 bits per heavy atom. The van der Waals surface area contributed by atoms with E-state index in [1.807, 2.05) is 26.8 Å². The van der Waals surface area contributed by atoms with Crippen molar-refractivity contribution in [3.05, 3.63) is 32.3 Å². The third kappa shape index (κ3) is 4.19. The number of aliphatic imine (C=N–C) groups is 1. The number of nitrogens with two attached hydrogens (primary N) is 1. The predicted octanol–water partition coefficient (Wildman–Crippen LogP) is 4.01. The summed E-state index contributed by atoms with van der Waals surface area (Å²) in [6.07, 6.45) is 6.25. The zero-order valence-electron chi connectivity index (χ0n) is 15.3. The van der Waals surface area contributed by atoms with E-state index in [0.717, 1.165) is 27.7 Å². The minimum atomic E-state index is -0.468. The van der Waals surface area contributed by atoms with E-state index in [-0.39, 0.29) is 6.09 Å². The molecule has 1 fully saturated rings. The molecule has 0 radical (unpaired) electrons. The molecule has 1 aromatic rings. The summed E-state index contributed by atoms with van der Waals surface area (Å²) in [5.74, 6) is 0.466. The van der Waals surface area contributed by atoms with Crippen LogP contribution in [0.5, 0.6) is 0 Å². The molecule has 1 saturated heterocycles. The first kappa shape index (κ1) is 19.5. The monoisotopic (exact) mass is 490 g/mol. The zero-order chi connectivity index (χ0) is 19.1. The Hall–Kier alpha value is -1.22. The van der Waals surface area contributed by atoms with Crippen molar-refractivity contribution in [3.63, 3.8) is 0 Å². The van der Waals surface area contributed by atoms with Gasteiger partial charge in [0.25, 0.3) is 0 Å². The van der Waals surface area contributed by atoms with Crippen LogP contribution in [0.3, 0.4) is 0 Å². The largest absolute Gasteiger partial charge is 0.444 e. The Morgan fingerprint density at radius 1 is 1.38 bits per heavy atom. The zero-order valence-corrected chi connectivity index (χ0v) is 18.2. The summed E-state index contributed by atoms with van der Waals surface area (Å²) >= 11 is 8.38. The number of rotatable bonds is 1. The molecule has 6 nitrogen and oxygen atoms in total. The first-order valence-corrected chi connectivity index (χ1v) is 10.2. The number of nitrogens with zero attached hydrogens (tertiary/aromatic N) is 3. The number of carbonyl (C=O) groups excluding carboxylic acids is 1. The fourth-order valence-corrected chi connectivity index (χ4v) is 4.44. The van der Waals surface area contributed by atoms with Crippen molar-refractivity contribution in [2.24, 2.45) is 10.7 Å². The van der Waals surface area contributed by atoms with Crippen LogP contribution in [0.25, 0.3) is 0 Å². The van der Waals surface area contributed by atoms with Crippen molar-refractivity contribution < 1.29 is 9.53 Å². The second-order valence-electron chi connectivity index (χ2n) is 7.63. The quantitative estimate of drug-likeness (QED) is 0.478. The second kappa shape index (κ2) is 7.42. The lowest BCUT2D eigenvalue weighted by Gasteiger charge is -2.34. The first-order valence-electron chi connectivity index (χ1n) is 8.73. The molecule has 0 bridgehead atoms. The highest BCUT2D eigenvalue weighted by Crippen LogP contribution is 2.32. The summed E-state index contributed by atoms with van der Waals surface area (Å²) in [7, 11) is 0. The van der Waals surface area contributed by atoms with Gasteiger partial charge in [0.05, 0.1) is 5.56 Å². The van der Waals surface area contributed by atoms with Crippen molar-refractivity contribution in [1.29, 1.82) is 0 Å². The highest BCUT2D eigenvalue weighted by molar-refractivity contribution is 14.1. The molecule has 3 heterocycles. The van der Waals surface area contributed by atoms with Crippen molar-refractivity contribution in [2.75, 3.05) is 13.1 Å². The van der Waals surface area contributed by atoms with E-state index >= 15 is 0 Å². The van der Waals surface area contributed by atoms with Crippen LogP contribution in [0.4, 0.5) is 4.79 Å². The maximum Gasteiger partial charge on any atom is 0.410 e. The van der Waals surface area contributed by atoms with Crippen LogP contribution in [-0.4, -0.2) is 40.1 Å². The van der Waals surface area contributed by atoms with E-state index in [1.165, 1.54) is 0 Å². The SMILES string of the molecule is CC(C)(C)OC(=O)N1CCC(n2cc(I)c3c2CC=C(Cl)N=C3N)CC1. The molecule has 142 valence electrons. The Labute approximate surface area is 172 Å². The first-order chi connectivity index (χ1) is 12.2. The van der Waals surface area contributed by atoms with E-state index < -0.39 is 5.60 Å². The summed E-state index contributed by atoms with van der Waals surface area (Å²) in [5.41, 5.74) is 7.79. The van der Waals surface area contributed by atoms with Gasteiger partial charge in [0.15, 0.2) is 0 Å². The van der Waals surface area contributed by atoms with Crippen molar-refractivity contribution in [3.8, 4) is 0 Å². The average molecular weight is 491 g/mol. The number of halogens is 2. The number of piperidine rings is 1. The number of fused-ring (bicyclic) bond motifs is 1. The molecule has 0 atom stereocenters. The molecule has 8 heteroatoms. The van der Waals surface area contributed by atoms with Gasteiger partial charge in [-0.2, -0.15) is 0 Å². The number of aromatic nitrogens is 1. The van der Waals surface area contributed by atoms with Crippen LogP contribution >= 0.6 is 34.2 Å². The summed E-state index contributed by atoms with van der Waals surface area (Å²) in [6.45, 7) is 7.03. The molecule has 1 amide bonds. The van der Waals surface area contributed by atoms with Crippen LogP contribution in [-0.2, 0) is 11.2 Å². The van der Waals surface area contributed by atoms with Crippen LogP contribution in [0.15, 0.2) is 22.4 Å². The molecule has 0 aliphatic carbocycles. The van der Waals surface area contributed by atoms with E-state index in [2.05, 4.69) is 38.3 Å². The lowest BCUT2D eigenvalue weighted by Crippen LogP contribution is -2.42. The summed E-state index contributed by atoms with van der Waals surface area (Å²) in [6, 6.07) is 0.323. The molecule has 2 N–H and O–H groups in total. The third-order valence-electron chi connectivity index (χ3n) is 4.55. The minimum Gasteiger partial charge on any atom is -0.444 e. The fraction of sp³-hybridized carbons (Fsp3) is 0.556. The van der Waals surface area contributed by atoms with Gasteiger partial charge in [0.1, 0.15) is 16.6 Å². The van der Waals surface area contributed by atoms with E-state index in [4.69, 9.17) is 22.1 Å². The number of ether oxygens (including phenoxy) is 1. The predicted molar refractivity (Wildman–Crippen MR) is 112 cm³/mol. The molecule has 0 spiro atoms. The number of hydrogen-bond donors (Lipinski definition) is 1. The van der Waals surface area contributed by atoms with E-state index in [0.29, 0.717) is 36.5 Å². The van der Waals surface area contributed by atoms with Gasteiger partial charge in [0.2, 0.25) is 0 Å². The Kier molecular flexibility index (Phi) is 5.58. The van der Waals surface area contributed by atoms with E-state index in [9.17, 15) is 4.79 Å². The van der Waals surface area contributed by atoms with Crippen LogP contribution in [0.2, 0.25) is 0 Å². The van der Waals surface area contributed by atoms with Gasteiger partial charge in [-0.3, -0.25) is 0 Å². The molecular formula is C18H24ClIN4O2. The van der Waals surface area contributed by atoms with Gasteiger partial charge < -0.3 is 19.9 Å². The minimum absolute atomic E-state index is 0.233. The number of hydrogen-bond acceptors (Lipinski definition) is 4. The van der Waals surface area contributed by atoms with Crippen molar-refractivity contribution >= 4 is 46.1 Å². The van der Waals surface area contributed by atoms with Gasteiger partial charge in [-0.15, -0.1) is 0 Å². The summed E-state index contributed by atoms with van der Waals surface area (Å²) in [4.78, 5) is 18.3. The molecule has 0 unspecified atom stereocenters. The lowest BCUT2D eigenvalue weighted by molar-refractivity contribution is 0.0188. The fourth-order valence-electron chi connectivity index (χ4n) is 3.39. The van der Waals surface area contributed by atoms with Crippen molar-refractivity contribution in [1.82, 2.24) is 9.47 Å². The Morgan fingerprint density at radius 2 is 2.04 bits per heavy atom. The van der Waals surface area contributed by atoms with Crippen LogP contribution in [0.1, 0.15) is 50.9 Å². The number of allylic oxidation sites excluding steroid dienone is 1. The normalized spacial score (nSPS) is 18.7. The maximum absolute atomic E-state index is 12.3. The molecule has 2 aliphatic heterocycles. The summed E-state index contributed by atoms with van der Waals surface area (Å²) < 4.78 is 8.85. The Balaban J connectivity index is 1.75. The summed E-state index contributed by atoms with van der Waals surface area (Å²) in [5, 5.41) is 0.431. The number of carbonyl (C=O) groups is 1. The van der Waals surface area contributed by atoms with Gasteiger partial charge in [-0.05, 0) is 62.3 Å². The van der Waals surface area contributed by atoms with Crippen LogP contribution in [0, 0.1) is 3.57 Å². The number of likely N-dealkylation sites (tertiary alicyclic amines) is 1. The van der Waals surface area contributed by atoms with Crippen molar-refractivity contribution in [2.45, 2.75) is 51.7 Å². The van der Waals surface area contributed by atoms with Gasteiger partial charge in [-0.25, -0.2) is 9.79 Å². The molecule has 26 heavy (non-hydrogen) atoms. The van der Waals surface area contributed by atoms with Crippen LogP contribution < -0.4 is 5.73 Å². The van der Waals surface area contributed by atoms with Gasteiger partial charge in [-0.1, -0.05) is 11.6 Å². The molecule has 0 saturated carbocycles.